The number of aliphatic hydroxyl groups is 1. The van der Waals surface area contributed by atoms with E-state index < -0.39 is 0 Å². The van der Waals surface area contributed by atoms with Crippen LogP contribution in [-0.2, 0) is 4.74 Å². The molecule has 0 bridgehead atoms. The minimum absolute atomic E-state index is 0.232. The Labute approximate surface area is 81.7 Å². The maximum Gasteiger partial charge on any atom is 0.0558 e. The van der Waals surface area contributed by atoms with Crippen LogP contribution in [-0.4, -0.2) is 49.0 Å². The Hall–Kier alpha value is -0.120. The molecule has 0 rings (SSSR count). The highest BCUT2D eigenvalue weighted by molar-refractivity contribution is 4.70. The third-order valence-electron chi connectivity index (χ3n) is 2.33. The van der Waals surface area contributed by atoms with E-state index in [4.69, 9.17) is 9.84 Å². The van der Waals surface area contributed by atoms with Crippen LogP contribution in [0.2, 0.25) is 0 Å². The molecule has 0 heterocycles. The predicted octanol–water partition coefficient (Wildman–Crippen LogP) is 1.11. The predicted molar refractivity (Wildman–Crippen MR) is 54.9 cm³/mol. The molecule has 0 aromatic heterocycles. The summed E-state index contributed by atoms with van der Waals surface area (Å²) in [6.45, 7) is 8.25. The average molecular weight is 189 g/mol. The van der Waals surface area contributed by atoms with Gasteiger partial charge in [0.25, 0.3) is 0 Å². The lowest BCUT2D eigenvalue weighted by molar-refractivity contribution is 0.0966. The molecule has 1 atom stereocenters. The van der Waals surface area contributed by atoms with Crippen molar-refractivity contribution in [1.29, 1.82) is 0 Å². The maximum atomic E-state index is 8.89. The van der Waals surface area contributed by atoms with Gasteiger partial charge in [0.15, 0.2) is 0 Å². The van der Waals surface area contributed by atoms with Gasteiger partial charge < -0.3 is 9.84 Å². The largest absolute Gasteiger partial charge is 0.395 e. The van der Waals surface area contributed by atoms with Crippen molar-refractivity contribution >= 4 is 0 Å². The minimum Gasteiger partial charge on any atom is -0.395 e. The molecule has 3 nitrogen and oxygen atoms in total. The van der Waals surface area contributed by atoms with E-state index in [-0.39, 0.29) is 6.61 Å². The molecule has 80 valence electrons. The molecule has 0 aliphatic rings. The molecule has 1 N–H and O–H groups in total. The van der Waals surface area contributed by atoms with Crippen LogP contribution >= 0.6 is 0 Å². The molecule has 0 aliphatic heterocycles. The fraction of sp³-hybridized carbons (Fsp3) is 1.00. The van der Waals surface area contributed by atoms with Crippen LogP contribution in [0.5, 0.6) is 0 Å². The minimum atomic E-state index is 0.232. The summed E-state index contributed by atoms with van der Waals surface area (Å²) in [5.74, 6) is 0. The van der Waals surface area contributed by atoms with Gasteiger partial charge in [0.2, 0.25) is 0 Å². The Balaban J connectivity index is 3.87. The van der Waals surface area contributed by atoms with Crippen LogP contribution in [0.3, 0.4) is 0 Å². The van der Waals surface area contributed by atoms with Crippen LogP contribution in [0.1, 0.15) is 27.2 Å². The van der Waals surface area contributed by atoms with Crippen LogP contribution in [0.25, 0.3) is 0 Å². The van der Waals surface area contributed by atoms with Gasteiger partial charge in [-0.05, 0) is 27.2 Å². The van der Waals surface area contributed by atoms with Crippen molar-refractivity contribution in [2.45, 2.75) is 39.3 Å². The van der Waals surface area contributed by atoms with Crippen molar-refractivity contribution < 1.29 is 9.84 Å². The zero-order valence-electron chi connectivity index (χ0n) is 9.29. The standard InChI is InChI=1S/C10H23NO2/c1-9(2)11(6-7-12)10(3)5-8-13-4/h9-10,12H,5-8H2,1-4H3. The Morgan fingerprint density at radius 3 is 2.31 bits per heavy atom. The SMILES string of the molecule is COCCC(C)N(CCO)C(C)C. The Morgan fingerprint density at radius 1 is 1.31 bits per heavy atom. The molecule has 0 radical (unpaired) electrons. The summed E-state index contributed by atoms with van der Waals surface area (Å²) in [7, 11) is 1.72. The number of hydrogen-bond acceptors (Lipinski definition) is 3. The summed E-state index contributed by atoms with van der Waals surface area (Å²) in [6.07, 6.45) is 1.02. The van der Waals surface area contributed by atoms with Crippen LogP contribution in [0, 0.1) is 0 Å². The smallest absolute Gasteiger partial charge is 0.0558 e. The van der Waals surface area contributed by atoms with E-state index in [2.05, 4.69) is 25.7 Å². The molecular weight excluding hydrogens is 166 g/mol. The Kier molecular flexibility index (Phi) is 7.23. The van der Waals surface area contributed by atoms with Crippen LogP contribution in [0.15, 0.2) is 0 Å². The van der Waals surface area contributed by atoms with Crippen LogP contribution < -0.4 is 0 Å². The summed E-state index contributed by atoms with van der Waals surface area (Å²) in [6, 6.07) is 0.964. The second-order valence-electron chi connectivity index (χ2n) is 3.69. The molecule has 1 unspecified atom stereocenters. The van der Waals surface area contributed by atoms with Crippen molar-refractivity contribution in [3.05, 3.63) is 0 Å². The summed E-state index contributed by atoms with van der Waals surface area (Å²) in [4.78, 5) is 2.29. The van der Waals surface area contributed by atoms with Gasteiger partial charge in [0.05, 0.1) is 6.61 Å². The maximum absolute atomic E-state index is 8.89. The first-order valence-corrected chi connectivity index (χ1v) is 4.99. The second-order valence-corrected chi connectivity index (χ2v) is 3.69. The fourth-order valence-corrected chi connectivity index (χ4v) is 1.56. The van der Waals surface area contributed by atoms with E-state index in [1.807, 2.05) is 0 Å². The van der Waals surface area contributed by atoms with Gasteiger partial charge in [-0.1, -0.05) is 0 Å². The van der Waals surface area contributed by atoms with E-state index in [0.29, 0.717) is 12.1 Å². The topological polar surface area (TPSA) is 32.7 Å². The molecule has 3 heteroatoms. The Bertz CT molecular complexity index is 117. The number of nitrogens with zero attached hydrogens (tertiary/aromatic N) is 1. The molecule has 0 aromatic rings. The van der Waals surface area contributed by atoms with Gasteiger partial charge in [-0.2, -0.15) is 0 Å². The fourth-order valence-electron chi connectivity index (χ4n) is 1.56. The van der Waals surface area contributed by atoms with E-state index in [0.717, 1.165) is 19.6 Å². The molecule has 0 spiro atoms. The van der Waals surface area contributed by atoms with Crippen molar-refractivity contribution in [2.75, 3.05) is 26.9 Å². The number of rotatable bonds is 7. The monoisotopic (exact) mass is 189 g/mol. The number of aliphatic hydroxyl groups excluding tert-OH is 1. The van der Waals surface area contributed by atoms with Gasteiger partial charge >= 0.3 is 0 Å². The van der Waals surface area contributed by atoms with Crippen molar-refractivity contribution in [3.63, 3.8) is 0 Å². The molecule has 13 heavy (non-hydrogen) atoms. The summed E-state index contributed by atoms with van der Waals surface area (Å²) in [5.41, 5.74) is 0. The average Bonchev–Trinajstić information content (AvgIpc) is 2.09. The highest BCUT2D eigenvalue weighted by Gasteiger charge is 2.15. The number of methoxy groups -OCH3 is 1. The van der Waals surface area contributed by atoms with Gasteiger partial charge in [-0.3, -0.25) is 4.90 Å². The van der Waals surface area contributed by atoms with Gasteiger partial charge in [0, 0.05) is 32.3 Å². The van der Waals surface area contributed by atoms with Crippen molar-refractivity contribution in [1.82, 2.24) is 4.90 Å². The highest BCUT2D eigenvalue weighted by Crippen LogP contribution is 2.08. The third-order valence-corrected chi connectivity index (χ3v) is 2.33. The first-order valence-electron chi connectivity index (χ1n) is 4.99. The second kappa shape index (κ2) is 7.30. The van der Waals surface area contributed by atoms with E-state index in [1.165, 1.54) is 0 Å². The number of ether oxygens (including phenoxy) is 1. The third kappa shape index (κ3) is 5.24. The molecule has 0 saturated heterocycles. The molecule has 0 amide bonds. The van der Waals surface area contributed by atoms with Crippen LogP contribution in [0.4, 0.5) is 0 Å². The Morgan fingerprint density at radius 2 is 1.92 bits per heavy atom. The zero-order chi connectivity index (χ0) is 10.3. The van der Waals surface area contributed by atoms with Crippen molar-refractivity contribution in [2.24, 2.45) is 0 Å². The lowest BCUT2D eigenvalue weighted by Crippen LogP contribution is -2.41. The van der Waals surface area contributed by atoms with Gasteiger partial charge in [-0.25, -0.2) is 0 Å². The summed E-state index contributed by atoms with van der Waals surface area (Å²) < 4.78 is 5.03. The van der Waals surface area contributed by atoms with Crippen molar-refractivity contribution in [3.8, 4) is 0 Å². The lowest BCUT2D eigenvalue weighted by atomic mass is 10.1. The van der Waals surface area contributed by atoms with Gasteiger partial charge in [0.1, 0.15) is 0 Å². The normalized spacial score (nSPS) is 14.1. The molecule has 0 fully saturated rings. The molecule has 0 saturated carbocycles. The highest BCUT2D eigenvalue weighted by atomic mass is 16.5. The molecule has 0 aromatic carbocycles. The first-order chi connectivity index (χ1) is 6.13. The molecular formula is C10H23NO2. The zero-order valence-corrected chi connectivity index (χ0v) is 9.29. The summed E-state index contributed by atoms with van der Waals surface area (Å²) >= 11 is 0. The van der Waals surface area contributed by atoms with E-state index in [9.17, 15) is 0 Å². The number of hydrogen-bond donors (Lipinski definition) is 1. The lowest BCUT2D eigenvalue weighted by Gasteiger charge is -2.31. The van der Waals surface area contributed by atoms with E-state index >= 15 is 0 Å². The molecule has 0 aliphatic carbocycles. The first kappa shape index (κ1) is 12.9. The van der Waals surface area contributed by atoms with E-state index in [1.54, 1.807) is 7.11 Å². The van der Waals surface area contributed by atoms with Gasteiger partial charge in [-0.15, -0.1) is 0 Å². The quantitative estimate of drug-likeness (QED) is 0.651. The summed E-state index contributed by atoms with van der Waals surface area (Å²) in [5, 5.41) is 8.89.